The highest BCUT2D eigenvalue weighted by Crippen LogP contribution is 2.32. The first-order valence-electron chi connectivity index (χ1n) is 9.31. The normalized spacial score (nSPS) is 16.3. The Kier molecular flexibility index (Phi) is 5.27. The van der Waals surface area contributed by atoms with Gasteiger partial charge in [0.25, 0.3) is 11.7 Å². The molecule has 2 aliphatic heterocycles. The number of carbonyl (C=O) groups is 3. The minimum atomic E-state index is -0.654. The Balaban J connectivity index is 1.42. The van der Waals surface area contributed by atoms with Crippen molar-refractivity contribution in [2.45, 2.75) is 0 Å². The number of halogens is 1. The van der Waals surface area contributed by atoms with E-state index in [1.807, 2.05) is 24.3 Å². The molecule has 0 aliphatic carbocycles. The summed E-state index contributed by atoms with van der Waals surface area (Å²) < 4.78 is 6.14. The van der Waals surface area contributed by atoms with Gasteiger partial charge < -0.3 is 14.5 Å². The van der Waals surface area contributed by atoms with Crippen molar-refractivity contribution >= 4 is 44.9 Å². The Morgan fingerprint density at radius 2 is 1.76 bits per heavy atom. The van der Waals surface area contributed by atoms with E-state index in [0.717, 1.165) is 15.9 Å². The van der Waals surface area contributed by atoms with Gasteiger partial charge in [0.05, 0.1) is 24.0 Å². The summed E-state index contributed by atoms with van der Waals surface area (Å²) >= 11 is 3.31. The zero-order valence-electron chi connectivity index (χ0n) is 15.9. The van der Waals surface area contributed by atoms with Crippen LogP contribution in [-0.4, -0.2) is 62.3 Å². The minimum absolute atomic E-state index is 0.131. The summed E-state index contributed by atoms with van der Waals surface area (Å²) in [7, 11) is 1.64. The first-order valence-corrected chi connectivity index (χ1v) is 10.1. The average Bonchev–Trinajstić information content (AvgIpc) is 2.98. The molecule has 29 heavy (non-hydrogen) atoms. The Labute approximate surface area is 177 Å². The molecule has 2 aromatic rings. The Bertz CT molecular complexity index is 986. The lowest BCUT2D eigenvalue weighted by atomic mass is 10.1. The predicted molar refractivity (Wildman–Crippen MR) is 113 cm³/mol. The van der Waals surface area contributed by atoms with Crippen LogP contribution in [0.25, 0.3) is 0 Å². The van der Waals surface area contributed by atoms with Crippen LogP contribution in [0.15, 0.2) is 46.9 Å². The third-order valence-electron chi connectivity index (χ3n) is 5.29. The molecular formula is C21H20BrN3O4. The van der Waals surface area contributed by atoms with E-state index in [0.29, 0.717) is 37.4 Å². The van der Waals surface area contributed by atoms with Crippen molar-refractivity contribution in [3.63, 3.8) is 0 Å². The van der Waals surface area contributed by atoms with Crippen molar-refractivity contribution in [2.24, 2.45) is 0 Å². The van der Waals surface area contributed by atoms with Crippen molar-refractivity contribution in [1.82, 2.24) is 4.90 Å². The van der Waals surface area contributed by atoms with Crippen LogP contribution in [-0.2, 0) is 9.59 Å². The molecule has 0 bridgehead atoms. The van der Waals surface area contributed by atoms with E-state index in [9.17, 15) is 14.4 Å². The number of hydrogen-bond donors (Lipinski definition) is 0. The van der Waals surface area contributed by atoms with Gasteiger partial charge >= 0.3 is 0 Å². The van der Waals surface area contributed by atoms with E-state index < -0.39 is 11.7 Å². The Hall–Kier alpha value is -2.87. The number of para-hydroxylation sites is 2. The van der Waals surface area contributed by atoms with E-state index >= 15 is 0 Å². The van der Waals surface area contributed by atoms with Crippen LogP contribution in [0.2, 0.25) is 0 Å². The van der Waals surface area contributed by atoms with Crippen LogP contribution in [0.1, 0.15) is 10.4 Å². The maximum Gasteiger partial charge on any atom is 0.299 e. The maximum atomic E-state index is 12.8. The highest BCUT2D eigenvalue weighted by Gasteiger charge is 2.38. The molecule has 0 saturated carbocycles. The number of piperazine rings is 1. The van der Waals surface area contributed by atoms with Gasteiger partial charge in [0.2, 0.25) is 5.91 Å². The number of anilines is 2. The van der Waals surface area contributed by atoms with Gasteiger partial charge in [-0.2, -0.15) is 0 Å². The molecule has 0 unspecified atom stereocenters. The molecule has 1 fully saturated rings. The number of amides is 2. The number of hydrogen-bond acceptors (Lipinski definition) is 5. The largest absolute Gasteiger partial charge is 0.495 e. The lowest BCUT2D eigenvalue weighted by molar-refractivity contribution is -0.131. The zero-order valence-corrected chi connectivity index (χ0v) is 17.5. The Morgan fingerprint density at radius 3 is 2.48 bits per heavy atom. The lowest BCUT2D eigenvalue weighted by Gasteiger charge is -2.37. The molecule has 2 aromatic carbocycles. The van der Waals surface area contributed by atoms with Gasteiger partial charge in [0, 0.05) is 30.7 Å². The number of nitrogens with zero attached hydrogens (tertiary/aromatic N) is 3. The van der Waals surface area contributed by atoms with Gasteiger partial charge in [-0.25, -0.2) is 0 Å². The summed E-state index contributed by atoms with van der Waals surface area (Å²) in [5, 5.41) is 0. The second kappa shape index (κ2) is 7.87. The molecule has 4 rings (SSSR count). The number of carbonyl (C=O) groups excluding carboxylic acids is 3. The number of Topliss-reactive ketones (excluding diaryl/α,β-unsaturated/α-hetero) is 1. The van der Waals surface area contributed by atoms with Crippen molar-refractivity contribution in [3.05, 3.63) is 52.5 Å². The molecule has 8 heteroatoms. The van der Waals surface area contributed by atoms with Gasteiger partial charge in [0.1, 0.15) is 12.3 Å². The summed E-state index contributed by atoms with van der Waals surface area (Å²) in [6, 6.07) is 12.9. The average molecular weight is 458 g/mol. The van der Waals surface area contributed by atoms with Crippen LogP contribution in [0.3, 0.4) is 0 Å². The SMILES string of the molecule is COc1ccccc1N1CCN(C(=O)CN2C(=O)C(=O)c3cc(Br)ccc32)CC1. The summed E-state index contributed by atoms with van der Waals surface area (Å²) in [4.78, 5) is 42.6. The van der Waals surface area contributed by atoms with E-state index in [-0.39, 0.29) is 12.5 Å². The fourth-order valence-electron chi connectivity index (χ4n) is 3.75. The summed E-state index contributed by atoms with van der Waals surface area (Å²) in [6.45, 7) is 2.29. The van der Waals surface area contributed by atoms with E-state index in [1.54, 1.807) is 30.2 Å². The van der Waals surface area contributed by atoms with Crippen molar-refractivity contribution < 1.29 is 19.1 Å². The molecule has 0 aromatic heterocycles. The van der Waals surface area contributed by atoms with Crippen LogP contribution >= 0.6 is 15.9 Å². The second-order valence-corrected chi connectivity index (χ2v) is 7.84. The highest BCUT2D eigenvalue weighted by atomic mass is 79.9. The topological polar surface area (TPSA) is 70.2 Å². The molecule has 0 radical (unpaired) electrons. The first-order chi connectivity index (χ1) is 14.0. The molecule has 2 heterocycles. The van der Waals surface area contributed by atoms with E-state index in [2.05, 4.69) is 20.8 Å². The molecule has 7 nitrogen and oxygen atoms in total. The summed E-state index contributed by atoms with van der Waals surface area (Å²) in [5.74, 6) is -0.591. The number of ketones is 1. The van der Waals surface area contributed by atoms with Gasteiger partial charge in [-0.05, 0) is 30.3 Å². The molecule has 150 valence electrons. The van der Waals surface area contributed by atoms with E-state index in [1.165, 1.54) is 4.90 Å². The third-order valence-corrected chi connectivity index (χ3v) is 5.78. The van der Waals surface area contributed by atoms with Gasteiger partial charge in [-0.1, -0.05) is 28.1 Å². The van der Waals surface area contributed by atoms with Crippen molar-refractivity contribution in [1.29, 1.82) is 0 Å². The molecular weight excluding hydrogens is 438 g/mol. The van der Waals surface area contributed by atoms with Gasteiger partial charge in [-0.3, -0.25) is 19.3 Å². The number of ether oxygens (including phenoxy) is 1. The zero-order chi connectivity index (χ0) is 20.5. The first kappa shape index (κ1) is 19.4. The lowest BCUT2D eigenvalue weighted by Crippen LogP contribution is -2.52. The highest BCUT2D eigenvalue weighted by molar-refractivity contribution is 9.10. The van der Waals surface area contributed by atoms with Gasteiger partial charge in [0.15, 0.2) is 0 Å². The summed E-state index contributed by atoms with van der Waals surface area (Å²) in [6.07, 6.45) is 0. The fraction of sp³-hybridized carbons (Fsp3) is 0.286. The molecule has 0 spiro atoms. The van der Waals surface area contributed by atoms with E-state index in [4.69, 9.17) is 4.74 Å². The molecule has 0 N–H and O–H groups in total. The third kappa shape index (κ3) is 3.60. The van der Waals surface area contributed by atoms with Crippen LogP contribution in [0.5, 0.6) is 5.75 Å². The standard InChI is InChI=1S/C21H20BrN3O4/c1-29-18-5-3-2-4-17(18)23-8-10-24(11-9-23)19(26)13-25-16-7-6-14(22)12-15(16)20(27)21(25)28/h2-7,12H,8-11,13H2,1H3. The van der Waals surface area contributed by atoms with Crippen molar-refractivity contribution in [2.75, 3.05) is 49.6 Å². The van der Waals surface area contributed by atoms with Gasteiger partial charge in [-0.15, -0.1) is 0 Å². The number of benzene rings is 2. The second-order valence-electron chi connectivity index (χ2n) is 6.92. The van der Waals surface area contributed by atoms with Crippen LogP contribution < -0.4 is 14.5 Å². The number of methoxy groups -OCH3 is 1. The smallest absolute Gasteiger partial charge is 0.299 e. The monoisotopic (exact) mass is 457 g/mol. The fourth-order valence-corrected chi connectivity index (χ4v) is 4.11. The molecule has 1 saturated heterocycles. The number of fused-ring (bicyclic) bond motifs is 1. The molecule has 2 amide bonds. The van der Waals surface area contributed by atoms with Crippen molar-refractivity contribution in [3.8, 4) is 5.75 Å². The summed E-state index contributed by atoms with van der Waals surface area (Å²) in [5.41, 5.74) is 1.82. The minimum Gasteiger partial charge on any atom is -0.495 e. The maximum absolute atomic E-state index is 12.8. The number of rotatable bonds is 4. The quantitative estimate of drug-likeness (QED) is 0.658. The van der Waals surface area contributed by atoms with Crippen LogP contribution in [0, 0.1) is 0 Å². The molecule has 2 aliphatic rings. The van der Waals surface area contributed by atoms with Crippen LogP contribution in [0.4, 0.5) is 11.4 Å². The predicted octanol–water partition coefficient (Wildman–Crippen LogP) is 2.34. The Morgan fingerprint density at radius 1 is 1.03 bits per heavy atom. The molecule has 0 atom stereocenters.